The topological polar surface area (TPSA) is 57.0 Å². The van der Waals surface area contributed by atoms with E-state index in [1.807, 2.05) is 12.1 Å². The molecule has 0 aliphatic heterocycles. The summed E-state index contributed by atoms with van der Waals surface area (Å²) >= 11 is 3.38. The van der Waals surface area contributed by atoms with Gasteiger partial charge < -0.3 is 4.74 Å². The number of methoxy groups -OCH3 is 1. The number of carbonyl (C=O) groups is 1. The van der Waals surface area contributed by atoms with Crippen LogP contribution in [0.15, 0.2) is 29.0 Å². The number of carbonyl (C=O) groups excluding carboxylic acids is 1. The van der Waals surface area contributed by atoms with Crippen molar-refractivity contribution < 1.29 is 9.53 Å². The highest BCUT2D eigenvalue weighted by Gasteiger charge is 2.21. The minimum Gasteiger partial charge on any atom is -0.464 e. The Labute approximate surface area is 107 Å². The maximum atomic E-state index is 11.6. The van der Waals surface area contributed by atoms with Crippen molar-refractivity contribution in [2.75, 3.05) is 7.11 Å². The molecule has 0 N–H and O–H groups in total. The van der Waals surface area contributed by atoms with E-state index in [0.717, 1.165) is 5.56 Å². The lowest BCUT2D eigenvalue weighted by molar-refractivity contribution is 0.0587. The molecule has 17 heavy (non-hydrogen) atoms. The Morgan fingerprint density at radius 2 is 2.06 bits per heavy atom. The molecule has 0 spiro atoms. The SMILES string of the molecule is COC(=O)c1c(Br)c(-c2ccncc2)nn1C. The predicted molar refractivity (Wildman–Crippen MR) is 65.5 cm³/mol. The minimum absolute atomic E-state index is 0.388. The second kappa shape index (κ2) is 4.67. The van der Waals surface area contributed by atoms with Crippen LogP contribution in [0.25, 0.3) is 11.3 Å². The quantitative estimate of drug-likeness (QED) is 0.796. The molecule has 0 saturated heterocycles. The first-order chi connectivity index (χ1) is 8.15. The van der Waals surface area contributed by atoms with E-state index in [4.69, 9.17) is 4.74 Å². The lowest BCUT2D eigenvalue weighted by Gasteiger charge is -1.99. The summed E-state index contributed by atoms with van der Waals surface area (Å²) in [4.78, 5) is 15.5. The summed E-state index contributed by atoms with van der Waals surface area (Å²) in [5.41, 5.74) is 1.97. The molecule has 2 rings (SSSR count). The van der Waals surface area contributed by atoms with Gasteiger partial charge in [0.1, 0.15) is 5.69 Å². The van der Waals surface area contributed by atoms with Crippen molar-refractivity contribution in [1.29, 1.82) is 0 Å². The van der Waals surface area contributed by atoms with Crippen molar-refractivity contribution in [3.63, 3.8) is 0 Å². The molecule has 0 saturated carbocycles. The normalized spacial score (nSPS) is 10.3. The number of halogens is 1. The van der Waals surface area contributed by atoms with Crippen LogP contribution in [-0.4, -0.2) is 27.8 Å². The van der Waals surface area contributed by atoms with Crippen molar-refractivity contribution in [3.05, 3.63) is 34.7 Å². The van der Waals surface area contributed by atoms with Crippen LogP contribution in [0, 0.1) is 0 Å². The molecule has 0 atom stereocenters. The third kappa shape index (κ3) is 2.08. The maximum absolute atomic E-state index is 11.6. The van der Waals surface area contributed by atoms with Gasteiger partial charge in [-0.15, -0.1) is 0 Å². The van der Waals surface area contributed by atoms with Crippen LogP contribution in [0.2, 0.25) is 0 Å². The van der Waals surface area contributed by atoms with Crippen LogP contribution in [0.5, 0.6) is 0 Å². The molecule has 0 aliphatic carbocycles. The summed E-state index contributed by atoms with van der Waals surface area (Å²) in [5, 5.41) is 4.29. The van der Waals surface area contributed by atoms with Gasteiger partial charge in [0.15, 0.2) is 5.69 Å². The van der Waals surface area contributed by atoms with Crippen LogP contribution >= 0.6 is 15.9 Å². The average molecular weight is 296 g/mol. The number of esters is 1. The summed E-state index contributed by atoms with van der Waals surface area (Å²) in [6.45, 7) is 0. The van der Waals surface area contributed by atoms with E-state index in [-0.39, 0.29) is 0 Å². The van der Waals surface area contributed by atoms with Gasteiger partial charge in [-0.1, -0.05) is 0 Å². The van der Waals surface area contributed by atoms with Crippen molar-refractivity contribution in [3.8, 4) is 11.3 Å². The lowest BCUT2D eigenvalue weighted by Crippen LogP contribution is -2.08. The van der Waals surface area contributed by atoms with E-state index in [1.165, 1.54) is 11.8 Å². The number of ether oxygens (including phenoxy) is 1. The van der Waals surface area contributed by atoms with Gasteiger partial charge in [0.05, 0.1) is 11.6 Å². The van der Waals surface area contributed by atoms with E-state index in [1.54, 1.807) is 19.4 Å². The molecular formula is C11H10BrN3O2. The lowest BCUT2D eigenvalue weighted by atomic mass is 10.2. The van der Waals surface area contributed by atoms with Gasteiger partial charge in [-0.05, 0) is 28.1 Å². The number of hydrogen-bond acceptors (Lipinski definition) is 4. The molecule has 5 nitrogen and oxygen atoms in total. The van der Waals surface area contributed by atoms with Crippen molar-refractivity contribution >= 4 is 21.9 Å². The van der Waals surface area contributed by atoms with Crippen molar-refractivity contribution in [2.45, 2.75) is 0 Å². The molecule has 0 radical (unpaired) electrons. The minimum atomic E-state index is -0.424. The monoisotopic (exact) mass is 295 g/mol. The Balaban J connectivity index is 2.56. The van der Waals surface area contributed by atoms with E-state index in [9.17, 15) is 4.79 Å². The zero-order valence-electron chi connectivity index (χ0n) is 9.35. The summed E-state index contributed by atoms with van der Waals surface area (Å²) < 4.78 is 6.82. The Kier molecular flexibility index (Phi) is 3.23. The van der Waals surface area contributed by atoms with Crippen LogP contribution in [0.4, 0.5) is 0 Å². The molecule has 2 aromatic rings. The van der Waals surface area contributed by atoms with Crippen LogP contribution in [0.3, 0.4) is 0 Å². The summed E-state index contributed by atoms with van der Waals surface area (Å²) in [6, 6.07) is 3.66. The molecule has 0 amide bonds. The Morgan fingerprint density at radius 1 is 1.41 bits per heavy atom. The molecule has 2 heterocycles. The first kappa shape index (κ1) is 11.8. The average Bonchev–Trinajstić information content (AvgIpc) is 2.65. The van der Waals surface area contributed by atoms with Gasteiger partial charge in [-0.25, -0.2) is 4.79 Å². The smallest absolute Gasteiger partial charge is 0.357 e. The number of aromatic nitrogens is 3. The number of hydrogen-bond donors (Lipinski definition) is 0. The van der Waals surface area contributed by atoms with Gasteiger partial charge in [0, 0.05) is 25.0 Å². The summed E-state index contributed by atoms with van der Waals surface area (Å²) in [7, 11) is 3.04. The van der Waals surface area contributed by atoms with Crippen LogP contribution < -0.4 is 0 Å². The Bertz CT molecular complexity index is 551. The standard InChI is InChI=1S/C11H10BrN3O2/c1-15-10(11(16)17-2)8(12)9(14-15)7-3-5-13-6-4-7/h3-6H,1-2H3. The van der Waals surface area contributed by atoms with Gasteiger partial charge >= 0.3 is 5.97 Å². The molecule has 88 valence electrons. The zero-order chi connectivity index (χ0) is 12.4. The summed E-state index contributed by atoms with van der Waals surface area (Å²) in [5.74, 6) is -0.424. The molecular weight excluding hydrogens is 286 g/mol. The highest BCUT2D eigenvalue weighted by Crippen LogP contribution is 2.29. The molecule has 2 aromatic heterocycles. The Morgan fingerprint density at radius 3 is 2.65 bits per heavy atom. The molecule has 0 aromatic carbocycles. The number of pyridine rings is 1. The largest absolute Gasteiger partial charge is 0.464 e. The third-order valence-electron chi connectivity index (χ3n) is 2.32. The number of nitrogens with zero attached hydrogens (tertiary/aromatic N) is 3. The van der Waals surface area contributed by atoms with Crippen molar-refractivity contribution in [1.82, 2.24) is 14.8 Å². The molecule has 0 unspecified atom stereocenters. The third-order valence-corrected chi connectivity index (χ3v) is 3.07. The number of aryl methyl sites for hydroxylation is 1. The fourth-order valence-electron chi connectivity index (χ4n) is 1.51. The van der Waals surface area contributed by atoms with Crippen LogP contribution in [0.1, 0.15) is 10.5 Å². The summed E-state index contributed by atoms with van der Waals surface area (Å²) in [6.07, 6.45) is 3.35. The molecule has 0 bridgehead atoms. The van der Waals surface area contributed by atoms with E-state index < -0.39 is 5.97 Å². The van der Waals surface area contributed by atoms with Crippen LogP contribution in [-0.2, 0) is 11.8 Å². The van der Waals surface area contributed by atoms with Gasteiger partial charge in [-0.2, -0.15) is 5.10 Å². The highest BCUT2D eigenvalue weighted by molar-refractivity contribution is 9.10. The van der Waals surface area contributed by atoms with Gasteiger partial charge in [0.25, 0.3) is 0 Å². The first-order valence-corrected chi connectivity index (χ1v) is 5.65. The first-order valence-electron chi connectivity index (χ1n) is 4.86. The second-order valence-corrected chi connectivity index (χ2v) is 4.16. The molecule has 6 heteroatoms. The van der Waals surface area contributed by atoms with Gasteiger partial charge in [0.2, 0.25) is 0 Å². The molecule has 0 fully saturated rings. The molecule has 0 aliphatic rings. The van der Waals surface area contributed by atoms with E-state index in [0.29, 0.717) is 15.9 Å². The van der Waals surface area contributed by atoms with Crippen molar-refractivity contribution in [2.24, 2.45) is 7.05 Å². The zero-order valence-corrected chi connectivity index (χ0v) is 10.9. The predicted octanol–water partition coefficient (Wildman–Crippen LogP) is 2.03. The fraction of sp³-hybridized carbons (Fsp3) is 0.182. The maximum Gasteiger partial charge on any atom is 0.357 e. The highest BCUT2D eigenvalue weighted by atomic mass is 79.9. The second-order valence-electron chi connectivity index (χ2n) is 3.36. The van der Waals surface area contributed by atoms with Gasteiger partial charge in [-0.3, -0.25) is 9.67 Å². The Hall–Kier alpha value is -1.69. The van der Waals surface area contributed by atoms with E-state index >= 15 is 0 Å². The fourth-order valence-corrected chi connectivity index (χ4v) is 2.24. The number of rotatable bonds is 2. The van der Waals surface area contributed by atoms with E-state index in [2.05, 4.69) is 26.0 Å².